The van der Waals surface area contributed by atoms with Gasteiger partial charge in [0.1, 0.15) is 11.5 Å². The van der Waals surface area contributed by atoms with E-state index in [0.29, 0.717) is 12.1 Å². The van der Waals surface area contributed by atoms with Crippen molar-refractivity contribution in [3.05, 3.63) is 59.9 Å². The van der Waals surface area contributed by atoms with Crippen LogP contribution < -0.4 is 10.2 Å². The smallest absolute Gasteiger partial charge is 0.226 e. The summed E-state index contributed by atoms with van der Waals surface area (Å²) in [6, 6.07) is 15.4. The SMILES string of the molecule is O=C1CC2CN(Cc3ccccc3)CCN2c2cccc(F)c2N1. The molecule has 2 heterocycles. The van der Waals surface area contributed by atoms with Crippen LogP contribution in [0.15, 0.2) is 48.5 Å². The molecule has 1 fully saturated rings. The molecule has 4 rings (SSSR count). The number of carbonyl (C=O) groups is 1. The summed E-state index contributed by atoms with van der Waals surface area (Å²) < 4.78 is 14.1. The Kier molecular flexibility index (Phi) is 3.94. The molecular formula is C19H20FN3O. The zero-order chi connectivity index (χ0) is 16.5. The van der Waals surface area contributed by atoms with E-state index in [4.69, 9.17) is 0 Å². The van der Waals surface area contributed by atoms with Gasteiger partial charge < -0.3 is 10.2 Å². The number of nitrogens with one attached hydrogen (secondary N) is 1. The van der Waals surface area contributed by atoms with E-state index in [1.807, 2.05) is 24.3 Å². The van der Waals surface area contributed by atoms with Crippen LogP contribution in [0.25, 0.3) is 0 Å². The molecular weight excluding hydrogens is 305 g/mol. The Morgan fingerprint density at radius 1 is 1.08 bits per heavy atom. The molecule has 2 aliphatic rings. The number of hydrogen-bond acceptors (Lipinski definition) is 3. The number of benzene rings is 2. The fourth-order valence-electron chi connectivity index (χ4n) is 3.68. The van der Waals surface area contributed by atoms with Gasteiger partial charge in [-0.1, -0.05) is 36.4 Å². The second-order valence-electron chi connectivity index (χ2n) is 6.45. The van der Waals surface area contributed by atoms with Gasteiger partial charge in [0, 0.05) is 32.6 Å². The standard InChI is InChI=1S/C19H20FN3O/c20-16-7-4-8-17-19(16)21-18(24)11-15-13-22(9-10-23(15)17)12-14-5-2-1-3-6-14/h1-8,15H,9-13H2,(H,21,24). The Bertz CT molecular complexity index is 750. The van der Waals surface area contributed by atoms with Crippen molar-refractivity contribution in [3.8, 4) is 0 Å². The highest BCUT2D eigenvalue weighted by atomic mass is 19.1. The summed E-state index contributed by atoms with van der Waals surface area (Å²) in [5.74, 6) is -0.483. The van der Waals surface area contributed by atoms with Crippen LogP contribution >= 0.6 is 0 Å². The molecule has 0 saturated carbocycles. The molecule has 2 aromatic carbocycles. The van der Waals surface area contributed by atoms with Gasteiger partial charge in [-0.05, 0) is 17.7 Å². The summed E-state index contributed by atoms with van der Waals surface area (Å²) in [6.07, 6.45) is 0.388. The van der Waals surface area contributed by atoms with Crippen LogP contribution in [0.5, 0.6) is 0 Å². The highest BCUT2D eigenvalue weighted by Crippen LogP contribution is 2.35. The van der Waals surface area contributed by atoms with E-state index in [1.165, 1.54) is 11.6 Å². The molecule has 0 spiro atoms. The third-order valence-electron chi connectivity index (χ3n) is 4.80. The molecule has 124 valence electrons. The predicted octanol–water partition coefficient (Wildman–Crippen LogP) is 2.86. The highest BCUT2D eigenvalue weighted by molar-refractivity contribution is 5.97. The van der Waals surface area contributed by atoms with E-state index in [1.54, 1.807) is 6.07 Å². The zero-order valence-electron chi connectivity index (χ0n) is 13.4. The molecule has 4 nitrogen and oxygen atoms in total. The first-order valence-electron chi connectivity index (χ1n) is 8.32. The van der Waals surface area contributed by atoms with Crippen molar-refractivity contribution >= 4 is 17.3 Å². The summed E-state index contributed by atoms with van der Waals surface area (Å²) in [6.45, 7) is 3.37. The van der Waals surface area contributed by atoms with Crippen LogP contribution in [0.3, 0.4) is 0 Å². The first-order chi connectivity index (χ1) is 11.7. The third kappa shape index (κ3) is 2.87. The molecule has 5 heteroatoms. The maximum atomic E-state index is 14.1. The fraction of sp³-hybridized carbons (Fsp3) is 0.316. The van der Waals surface area contributed by atoms with Gasteiger partial charge in [-0.3, -0.25) is 9.69 Å². The highest BCUT2D eigenvalue weighted by Gasteiger charge is 2.33. The Balaban J connectivity index is 1.57. The minimum Gasteiger partial charge on any atom is -0.364 e. The number of anilines is 2. The Morgan fingerprint density at radius 2 is 1.92 bits per heavy atom. The van der Waals surface area contributed by atoms with Crippen molar-refractivity contribution in [2.24, 2.45) is 0 Å². The van der Waals surface area contributed by atoms with E-state index in [2.05, 4.69) is 27.2 Å². The van der Waals surface area contributed by atoms with E-state index >= 15 is 0 Å². The predicted molar refractivity (Wildman–Crippen MR) is 92.5 cm³/mol. The molecule has 1 saturated heterocycles. The molecule has 2 aromatic rings. The second-order valence-corrected chi connectivity index (χ2v) is 6.45. The van der Waals surface area contributed by atoms with Gasteiger partial charge in [0.2, 0.25) is 5.91 Å². The van der Waals surface area contributed by atoms with Crippen molar-refractivity contribution in [3.63, 3.8) is 0 Å². The maximum Gasteiger partial charge on any atom is 0.226 e. The van der Waals surface area contributed by atoms with Crippen LogP contribution in [-0.2, 0) is 11.3 Å². The number of fused-ring (bicyclic) bond motifs is 3. The Labute approximate surface area is 140 Å². The van der Waals surface area contributed by atoms with Crippen LogP contribution in [0, 0.1) is 5.82 Å². The molecule has 0 bridgehead atoms. The first kappa shape index (κ1) is 15.1. The van der Waals surface area contributed by atoms with Crippen molar-refractivity contribution in [1.82, 2.24) is 4.90 Å². The number of piperazine rings is 1. The number of halogens is 1. The van der Waals surface area contributed by atoms with Crippen LogP contribution in [0.1, 0.15) is 12.0 Å². The molecule has 0 aliphatic carbocycles. The largest absolute Gasteiger partial charge is 0.364 e. The van der Waals surface area contributed by atoms with Gasteiger partial charge in [0.05, 0.1) is 11.7 Å². The number of rotatable bonds is 2. The fourth-order valence-corrected chi connectivity index (χ4v) is 3.68. The van der Waals surface area contributed by atoms with E-state index in [9.17, 15) is 9.18 Å². The topological polar surface area (TPSA) is 35.6 Å². The monoisotopic (exact) mass is 325 g/mol. The lowest BCUT2D eigenvalue weighted by molar-refractivity contribution is -0.116. The molecule has 0 aromatic heterocycles. The van der Waals surface area contributed by atoms with Gasteiger partial charge in [-0.15, -0.1) is 0 Å². The van der Waals surface area contributed by atoms with E-state index in [-0.39, 0.29) is 17.8 Å². The lowest BCUT2D eigenvalue weighted by atomic mass is 10.1. The Hall–Kier alpha value is -2.40. The van der Waals surface area contributed by atoms with E-state index < -0.39 is 0 Å². The number of amides is 1. The van der Waals surface area contributed by atoms with Gasteiger partial charge in [-0.25, -0.2) is 4.39 Å². The molecule has 1 amide bonds. The van der Waals surface area contributed by atoms with Crippen molar-refractivity contribution < 1.29 is 9.18 Å². The minimum atomic E-state index is -0.367. The number of carbonyl (C=O) groups excluding carboxylic acids is 1. The van der Waals surface area contributed by atoms with Crippen LogP contribution in [0.2, 0.25) is 0 Å². The van der Waals surface area contributed by atoms with Gasteiger partial charge in [0.15, 0.2) is 0 Å². The lowest BCUT2D eigenvalue weighted by Crippen LogP contribution is -2.53. The minimum absolute atomic E-state index is 0.0745. The molecule has 2 aliphatic heterocycles. The van der Waals surface area contributed by atoms with Gasteiger partial charge in [0.25, 0.3) is 0 Å². The van der Waals surface area contributed by atoms with Crippen molar-refractivity contribution in [2.45, 2.75) is 19.0 Å². The third-order valence-corrected chi connectivity index (χ3v) is 4.80. The normalized spacial score (nSPS) is 20.8. The lowest BCUT2D eigenvalue weighted by Gasteiger charge is -2.42. The molecule has 24 heavy (non-hydrogen) atoms. The summed E-state index contributed by atoms with van der Waals surface area (Å²) in [5.41, 5.74) is 2.39. The van der Waals surface area contributed by atoms with Crippen molar-refractivity contribution in [1.29, 1.82) is 0 Å². The van der Waals surface area contributed by atoms with Gasteiger partial charge >= 0.3 is 0 Å². The first-order valence-corrected chi connectivity index (χ1v) is 8.32. The number of nitrogens with zero attached hydrogens (tertiary/aromatic N) is 2. The van der Waals surface area contributed by atoms with Crippen molar-refractivity contribution in [2.75, 3.05) is 29.9 Å². The number of hydrogen-bond donors (Lipinski definition) is 1. The summed E-state index contributed by atoms with van der Waals surface area (Å²) in [5, 5.41) is 2.74. The van der Waals surface area contributed by atoms with Gasteiger partial charge in [-0.2, -0.15) is 0 Å². The van der Waals surface area contributed by atoms with E-state index in [0.717, 1.165) is 31.9 Å². The summed E-state index contributed by atoms with van der Waals surface area (Å²) in [7, 11) is 0. The molecule has 1 N–H and O–H groups in total. The molecule has 0 radical (unpaired) electrons. The zero-order valence-corrected chi connectivity index (χ0v) is 13.4. The molecule has 1 unspecified atom stereocenters. The maximum absolute atomic E-state index is 14.1. The van der Waals surface area contributed by atoms with Crippen LogP contribution in [0.4, 0.5) is 15.8 Å². The average Bonchev–Trinajstić information content (AvgIpc) is 2.72. The quantitative estimate of drug-likeness (QED) is 0.922. The van der Waals surface area contributed by atoms with Crippen LogP contribution in [-0.4, -0.2) is 36.5 Å². The Morgan fingerprint density at radius 3 is 2.75 bits per heavy atom. The molecule has 1 atom stereocenters. The average molecular weight is 325 g/mol. The second kappa shape index (κ2) is 6.24. The number of para-hydroxylation sites is 1. The summed E-state index contributed by atoms with van der Waals surface area (Å²) >= 11 is 0. The summed E-state index contributed by atoms with van der Waals surface area (Å²) in [4.78, 5) is 16.7.